The van der Waals surface area contributed by atoms with E-state index in [1.165, 1.54) is 12.5 Å². The third-order valence-electron chi connectivity index (χ3n) is 5.35. The number of benzene rings is 2. The summed E-state index contributed by atoms with van der Waals surface area (Å²) in [6.07, 6.45) is 5.03. The van der Waals surface area contributed by atoms with Gasteiger partial charge in [0.25, 0.3) is 11.8 Å². The number of hydrogen-bond donors (Lipinski definition) is 1. The summed E-state index contributed by atoms with van der Waals surface area (Å²) in [5.41, 5.74) is 1.92. The number of carbonyl (C=O) groups excluding carboxylic acids is 3. The summed E-state index contributed by atoms with van der Waals surface area (Å²) in [5, 5.41) is 2.24. The monoisotopic (exact) mass is 405 g/mol. The van der Waals surface area contributed by atoms with Gasteiger partial charge in [-0.25, -0.2) is 9.69 Å². The third kappa shape index (κ3) is 3.78. The number of amides is 4. The maximum Gasteiger partial charge on any atom is 0.335 e. The van der Waals surface area contributed by atoms with Crippen LogP contribution in [0.2, 0.25) is 0 Å². The summed E-state index contributed by atoms with van der Waals surface area (Å²) < 4.78 is 5.53. The molecule has 0 atom stereocenters. The van der Waals surface area contributed by atoms with Crippen LogP contribution in [0, 0.1) is 0 Å². The van der Waals surface area contributed by atoms with Gasteiger partial charge in [-0.1, -0.05) is 18.2 Å². The molecule has 2 fully saturated rings. The Hall–Kier alpha value is -3.61. The fraction of sp³-hybridized carbons (Fsp3) is 0.261. The second kappa shape index (κ2) is 8.41. The highest BCUT2D eigenvalue weighted by Gasteiger charge is 2.36. The predicted molar refractivity (Wildman–Crippen MR) is 115 cm³/mol. The quantitative estimate of drug-likeness (QED) is 0.623. The number of hydrogen-bond acceptors (Lipinski definition) is 5. The van der Waals surface area contributed by atoms with Crippen molar-refractivity contribution in [2.24, 2.45) is 0 Å². The fourth-order valence-electron chi connectivity index (χ4n) is 3.79. The molecule has 4 rings (SSSR count). The minimum Gasteiger partial charge on any atom is -0.496 e. The Kier molecular flexibility index (Phi) is 5.52. The van der Waals surface area contributed by atoms with E-state index >= 15 is 0 Å². The maximum atomic E-state index is 13.0. The van der Waals surface area contributed by atoms with Gasteiger partial charge in [0.15, 0.2) is 0 Å². The SMILES string of the molecule is COc1cc(N2CCCCC2)ccc1/C=C1\C(=O)NC(=O)N(c2ccccc2)C1=O. The maximum absolute atomic E-state index is 13.0. The Balaban J connectivity index is 1.68. The van der Waals surface area contributed by atoms with Crippen LogP contribution < -0.4 is 19.9 Å². The Morgan fingerprint density at radius 2 is 1.67 bits per heavy atom. The van der Waals surface area contributed by atoms with Gasteiger partial charge in [-0.05, 0) is 49.6 Å². The van der Waals surface area contributed by atoms with E-state index < -0.39 is 17.8 Å². The summed E-state index contributed by atoms with van der Waals surface area (Å²) in [4.78, 5) is 40.9. The van der Waals surface area contributed by atoms with Crippen LogP contribution in [0.3, 0.4) is 0 Å². The Morgan fingerprint density at radius 1 is 0.933 bits per heavy atom. The van der Waals surface area contributed by atoms with Crippen LogP contribution in [0.4, 0.5) is 16.2 Å². The molecule has 0 unspecified atom stereocenters. The molecule has 0 aromatic heterocycles. The molecule has 0 bridgehead atoms. The van der Waals surface area contributed by atoms with Crippen molar-refractivity contribution in [3.05, 3.63) is 59.7 Å². The van der Waals surface area contributed by atoms with Crippen molar-refractivity contribution in [2.75, 3.05) is 30.0 Å². The average molecular weight is 405 g/mol. The van der Waals surface area contributed by atoms with E-state index in [0.29, 0.717) is 17.0 Å². The van der Waals surface area contributed by atoms with E-state index in [9.17, 15) is 14.4 Å². The van der Waals surface area contributed by atoms with Crippen LogP contribution in [-0.4, -0.2) is 38.0 Å². The number of para-hydroxylation sites is 1. The number of barbiturate groups is 1. The minimum atomic E-state index is -0.763. The lowest BCUT2D eigenvalue weighted by atomic mass is 10.0. The first-order valence-corrected chi connectivity index (χ1v) is 9.98. The van der Waals surface area contributed by atoms with Crippen molar-refractivity contribution in [1.29, 1.82) is 0 Å². The van der Waals surface area contributed by atoms with Crippen molar-refractivity contribution in [2.45, 2.75) is 19.3 Å². The van der Waals surface area contributed by atoms with Crippen molar-refractivity contribution in [1.82, 2.24) is 5.32 Å². The number of methoxy groups -OCH3 is 1. The largest absolute Gasteiger partial charge is 0.496 e. The predicted octanol–water partition coefficient (Wildman–Crippen LogP) is 3.35. The molecule has 2 saturated heterocycles. The number of nitrogens with one attached hydrogen (secondary N) is 1. The van der Waals surface area contributed by atoms with E-state index in [-0.39, 0.29) is 5.57 Å². The number of ether oxygens (including phenoxy) is 1. The molecule has 2 aromatic rings. The van der Waals surface area contributed by atoms with Crippen molar-refractivity contribution in [3.63, 3.8) is 0 Å². The first-order valence-electron chi connectivity index (χ1n) is 9.98. The van der Waals surface area contributed by atoms with E-state index in [4.69, 9.17) is 4.74 Å². The highest BCUT2D eigenvalue weighted by Crippen LogP contribution is 2.30. The molecular formula is C23H23N3O4. The van der Waals surface area contributed by atoms with Gasteiger partial charge in [-0.3, -0.25) is 14.9 Å². The number of carbonyl (C=O) groups is 3. The first kappa shape index (κ1) is 19.7. The highest BCUT2D eigenvalue weighted by atomic mass is 16.5. The van der Waals surface area contributed by atoms with Gasteiger partial charge in [0.2, 0.25) is 0 Å². The van der Waals surface area contributed by atoms with E-state index in [1.807, 2.05) is 18.2 Å². The number of anilines is 2. The summed E-state index contributed by atoms with van der Waals surface area (Å²) in [6, 6.07) is 13.5. The van der Waals surface area contributed by atoms with Crippen LogP contribution in [0.1, 0.15) is 24.8 Å². The molecule has 0 radical (unpaired) electrons. The Morgan fingerprint density at radius 3 is 2.37 bits per heavy atom. The van der Waals surface area contributed by atoms with Crippen molar-refractivity contribution in [3.8, 4) is 5.75 Å². The van der Waals surface area contributed by atoms with Gasteiger partial charge in [0.1, 0.15) is 11.3 Å². The molecule has 0 saturated carbocycles. The smallest absolute Gasteiger partial charge is 0.335 e. The second-order valence-corrected chi connectivity index (χ2v) is 7.27. The van der Waals surface area contributed by atoms with E-state index in [1.54, 1.807) is 37.4 Å². The molecule has 2 heterocycles. The number of nitrogens with zero attached hydrogens (tertiary/aromatic N) is 2. The zero-order valence-corrected chi connectivity index (χ0v) is 16.8. The number of piperidine rings is 1. The van der Waals surface area contributed by atoms with Gasteiger partial charge >= 0.3 is 6.03 Å². The Labute approximate surface area is 174 Å². The summed E-state index contributed by atoms with van der Waals surface area (Å²) in [7, 11) is 1.56. The van der Waals surface area contributed by atoms with Gasteiger partial charge in [0.05, 0.1) is 12.8 Å². The molecule has 1 N–H and O–H groups in total. The molecular weight excluding hydrogens is 382 g/mol. The van der Waals surface area contributed by atoms with Gasteiger partial charge < -0.3 is 9.64 Å². The molecule has 2 aliphatic rings. The Bertz CT molecular complexity index is 1010. The molecule has 30 heavy (non-hydrogen) atoms. The van der Waals surface area contributed by atoms with Crippen LogP contribution >= 0.6 is 0 Å². The fourth-order valence-corrected chi connectivity index (χ4v) is 3.79. The number of urea groups is 1. The molecule has 7 heteroatoms. The van der Waals surface area contributed by atoms with Crippen molar-refractivity contribution >= 4 is 35.3 Å². The van der Waals surface area contributed by atoms with Crippen LogP contribution in [-0.2, 0) is 9.59 Å². The normalized spacial score (nSPS) is 18.6. The number of imide groups is 2. The standard InChI is InChI=1S/C23H23N3O4/c1-30-20-15-18(25-12-6-3-7-13-25)11-10-16(20)14-19-21(27)24-23(29)26(22(19)28)17-8-4-2-5-9-17/h2,4-5,8-11,14-15H,3,6-7,12-13H2,1H3,(H,24,27,29)/b19-14+. The lowest BCUT2D eigenvalue weighted by Gasteiger charge is -2.29. The van der Waals surface area contributed by atoms with Crippen LogP contribution in [0.25, 0.3) is 6.08 Å². The zero-order chi connectivity index (χ0) is 21.1. The molecule has 7 nitrogen and oxygen atoms in total. The lowest BCUT2D eigenvalue weighted by molar-refractivity contribution is -0.122. The highest BCUT2D eigenvalue weighted by molar-refractivity contribution is 6.39. The summed E-state index contributed by atoms with van der Waals surface area (Å²) >= 11 is 0. The van der Waals surface area contributed by atoms with Crippen LogP contribution in [0.15, 0.2) is 54.1 Å². The molecule has 2 aliphatic heterocycles. The summed E-state index contributed by atoms with van der Waals surface area (Å²) in [5.74, 6) is -0.828. The van der Waals surface area contributed by atoms with Gasteiger partial charge in [-0.2, -0.15) is 0 Å². The van der Waals surface area contributed by atoms with Crippen LogP contribution in [0.5, 0.6) is 5.75 Å². The molecule has 2 aromatic carbocycles. The van der Waals surface area contributed by atoms with E-state index in [2.05, 4.69) is 10.2 Å². The minimum absolute atomic E-state index is 0.123. The van der Waals surface area contributed by atoms with Crippen molar-refractivity contribution < 1.29 is 19.1 Å². The number of rotatable bonds is 4. The topological polar surface area (TPSA) is 79.0 Å². The first-order chi connectivity index (χ1) is 14.6. The zero-order valence-electron chi connectivity index (χ0n) is 16.8. The third-order valence-corrected chi connectivity index (χ3v) is 5.35. The molecule has 0 spiro atoms. The second-order valence-electron chi connectivity index (χ2n) is 7.27. The molecule has 0 aliphatic carbocycles. The molecule has 4 amide bonds. The van der Waals surface area contributed by atoms with E-state index in [0.717, 1.165) is 36.5 Å². The lowest BCUT2D eigenvalue weighted by Crippen LogP contribution is -2.54. The van der Waals surface area contributed by atoms with Gasteiger partial charge in [-0.15, -0.1) is 0 Å². The molecule has 154 valence electrons. The summed E-state index contributed by atoms with van der Waals surface area (Å²) in [6.45, 7) is 2.00. The van der Waals surface area contributed by atoms with Gasteiger partial charge in [0, 0.05) is 30.4 Å². The average Bonchev–Trinajstić information content (AvgIpc) is 2.78.